The van der Waals surface area contributed by atoms with Crippen LogP contribution in [0.15, 0.2) is 27.1 Å². The van der Waals surface area contributed by atoms with E-state index in [4.69, 9.17) is 9.15 Å². The van der Waals surface area contributed by atoms with Gasteiger partial charge < -0.3 is 9.15 Å². The summed E-state index contributed by atoms with van der Waals surface area (Å²) in [6, 6.07) is 5.38. The molecule has 2 rings (SSSR count). The van der Waals surface area contributed by atoms with E-state index in [0.717, 1.165) is 10.0 Å². The van der Waals surface area contributed by atoms with Crippen molar-refractivity contribution in [1.29, 1.82) is 0 Å². The molecule has 2 aromatic rings. The quantitative estimate of drug-likeness (QED) is 0.810. The maximum absolute atomic E-state index is 12.1. The summed E-state index contributed by atoms with van der Waals surface area (Å²) < 4.78 is 11.4. The predicted molar refractivity (Wildman–Crippen MR) is 71.7 cm³/mol. The van der Waals surface area contributed by atoms with Gasteiger partial charge in [-0.2, -0.15) is 0 Å². The van der Waals surface area contributed by atoms with E-state index in [9.17, 15) is 4.79 Å². The molecule has 0 radical (unpaired) electrons. The first-order chi connectivity index (χ1) is 8.99. The summed E-state index contributed by atoms with van der Waals surface area (Å²) in [6.07, 6.45) is -0.577. The van der Waals surface area contributed by atoms with Gasteiger partial charge in [0.25, 0.3) is 5.89 Å². The van der Waals surface area contributed by atoms with Gasteiger partial charge in [0.05, 0.1) is 5.56 Å². The molecule has 0 aliphatic heterocycles. The van der Waals surface area contributed by atoms with E-state index in [-0.39, 0.29) is 0 Å². The normalized spacial score (nSPS) is 12.2. The maximum Gasteiger partial charge on any atom is 0.339 e. The second kappa shape index (κ2) is 5.52. The molecule has 1 aromatic heterocycles. The highest BCUT2D eigenvalue weighted by molar-refractivity contribution is 9.10. The molecule has 6 heteroatoms. The predicted octanol–water partition coefficient (Wildman–Crippen LogP) is 3.37. The van der Waals surface area contributed by atoms with Crippen LogP contribution in [-0.2, 0) is 4.74 Å². The van der Waals surface area contributed by atoms with Gasteiger partial charge in [0.1, 0.15) is 0 Å². The minimum Gasteiger partial charge on any atom is -0.449 e. The van der Waals surface area contributed by atoms with E-state index in [1.165, 1.54) is 0 Å². The van der Waals surface area contributed by atoms with Crippen LogP contribution in [0.25, 0.3) is 0 Å². The Balaban J connectivity index is 2.15. The molecule has 0 saturated heterocycles. The highest BCUT2D eigenvalue weighted by atomic mass is 79.9. The number of carbonyl (C=O) groups excluding carboxylic acids is 1. The fraction of sp³-hybridized carbons (Fsp3) is 0.308. The largest absolute Gasteiger partial charge is 0.449 e. The Kier molecular flexibility index (Phi) is 3.99. The number of nitrogens with zero attached hydrogens (tertiary/aromatic N) is 2. The van der Waals surface area contributed by atoms with E-state index in [2.05, 4.69) is 26.1 Å². The third kappa shape index (κ3) is 3.01. The SMILES string of the molecule is Cc1nnc(C(C)OC(=O)c2cccc(Br)c2C)o1. The fourth-order valence-electron chi connectivity index (χ4n) is 1.58. The van der Waals surface area contributed by atoms with Crippen LogP contribution >= 0.6 is 15.9 Å². The highest BCUT2D eigenvalue weighted by Gasteiger charge is 2.20. The lowest BCUT2D eigenvalue weighted by molar-refractivity contribution is 0.0276. The van der Waals surface area contributed by atoms with Gasteiger partial charge in [-0.1, -0.05) is 22.0 Å². The Morgan fingerprint density at radius 1 is 1.37 bits per heavy atom. The number of carbonyl (C=O) groups is 1. The Morgan fingerprint density at radius 2 is 2.11 bits per heavy atom. The topological polar surface area (TPSA) is 65.2 Å². The Morgan fingerprint density at radius 3 is 2.74 bits per heavy atom. The van der Waals surface area contributed by atoms with Crippen LogP contribution in [0.1, 0.15) is 40.7 Å². The number of esters is 1. The van der Waals surface area contributed by atoms with Crippen molar-refractivity contribution in [2.45, 2.75) is 26.9 Å². The number of aryl methyl sites for hydroxylation is 1. The van der Waals surface area contributed by atoms with Gasteiger partial charge in [0.2, 0.25) is 5.89 Å². The average Bonchev–Trinajstić information content (AvgIpc) is 2.79. The molecular formula is C13H13BrN2O3. The van der Waals surface area contributed by atoms with Gasteiger partial charge in [0.15, 0.2) is 6.10 Å². The number of aromatic nitrogens is 2. The fourth-order valence-corrected chi connectivity index (χ4v) is 1.95. The molecule has 19 heavy (non-hydrogen) atoms. The Labute approximate surface area is 119 Å². The van der Waals surface area contributed by atoms with Crippen molar-refractivity contribution in [2.75, 3.05) is 0 Å². The van der Waals surface area contributed by atoms with Crippen molar-refractivity contribution in [3.8, 4) is 0 Å². The summed E-state index contributed by atoms with van der Waals surface area (Å²) >= 11 is 3.38. The first-order valence-electron chi connectivity index (χ1n) is 5.75. The molecule has 0 saturated carbocycles. The molecule has 1 atom stereocenters. The van der Waals surface area contributed by atoms with Gasteiger partial charge in [-0.05, 0) is 31.5 Å². The number of halogens is 1. The van der Waals surface area contributed by atoms with E-state index in [0.29, 0.717) is 17.3 Å². The summed E-state index contributed by atoms with van der Waals surface area (Å²) in [4.78, 5) is 12.1. The number of benzene rings is 1. The molecule has 0 aliphatic rings. The second-order valence-corrected chi connectivity index (χ2v) is 4.97. The van der Waals surface area contributed by atoms with Gasteiger partial charge in [0, 0.05) is 11.4 Å². The van der Waals surface area contributed by atoms with Crippen LogP contribution in [-0.4, -0.2) is 16.2 Å². The minimum atomic E-state index is -0.577. The first-order valence-corrected chi connectivity index (χ1v) is 6.54. The smallest absolute Gasteiger partial charge is 0.339 e. The van der Waals surface area contributed by atoms with Crippen LogP contribution in [0, 0.1) is 13.8 Å². The van der Waals surface area contributed by atoms with E-state index in [1.54, 1.807) is 26.0 Å². The monoisotopic (exact) mass is 324 g/mol. The van der Waals surface area contributed by atoms with Crippen molar-refractivity contribution in [3.63, 3.8) is 0 Å². The Hall–Kier alpha value is -1.69. The van der Waals surface area contributed by atoms with Crippen molar-refractivity contribution in [3.05, 3.63) is 45.6 Å². The van der Waals surface area contributed by atoms with Crippen molar-refractivity contribution < 1.29 is 13.9 Å². The van der Waals surface area contributed by atoms with E-state index in [1.807, 2.05) is 13.0 Å². The van der Waals surface area contributed by atoms with Gasteiger partial charge in [-0.15, -0.1) is 10.2 Å². The van der Waals surface area contributed by atoms with Crippen molar-refractivity contribution in [2.24, 2.45) is 0 Å². The molecule has 1 unspecified atom stereocenters. The third-order valence-electron chi connectivity index (χ3n) is 2.66. The molecule has 0 fully saturated rings. The molecule has 100 valence electrons. The van der Waals surface area contributed by atoms with E-state index >= 15 is 0 Å². The lowest BCUT2D eigenvalue weighted by atomic mass is 10.1. The summed E-state index contributed by atoms with van der Waals surface area (Å²) in [7, 11) is 0. The van der Waals surface area contributed by atoms with Crippen LogP contribution in [0.3, 0.4) is 0 Å². The van der Waals surface area contributed by atoms with E-state index < -0.39 is 12.1 Å². The zero-order valence-corrected chi connectivity index (χ0v) is 12.4. The average molecular weight is 325 g/mol. The van der Waals surface area contributed by atoms with Crippen LogP contribution in [0.4, 0.5) is 0 Å². The minimum absolute atomic E-state index is 0.290. The lowest BCUT2D eigenvalue weighted by Crippen LogP contribution is -2.11. The molecular weight excluding hydrogens is 312 g/mol. The molecule has 0 aliphatic carbocycles. The maximum atomic E-state index is 12.1. The first kappa shape index (κ1) is 13.7. The van der Waals surface area contributed by atoms with Gasteiger partial charge in [-0.3, -0.25) is 0 Å². The number of rotatable bonds is 3. The van der Waals surface area contributed by atoms with Gasteiger partial charge in [-0.25, -0.2) is 4.79 Å². The highest BCUT2D eigenvalue weighted by Crippen LogP contribution is 2.23. The second-order valence-electron chi connectivity index (χ2n) is 4.12. The molecule has 0 N–H and O–H groups in total. The summed E-state index contributed by atoms with van der Waals surface area (Å²) in [6.45, 7) is 5.23. The van der Waals surface area contributed by atoms with Crippen molar-refractivity contribution >= 4 is 21.9 Å². The van der Waals surface area contributed by atoms with Crippen LogP contribution in [0.5, 0.6) is 0 Å². The number of hydrogen-bond donors (Lipinski definition) is 0. The number of hydrogen-bond acceptors (Lipinski definition) is 5. The zero-order valence-electron chi connectivity index (χ0n) is 10.8. The zero-order chi connectivity index (χ0) is 14.0. The summed E-state index contributed by atoms with van der Waals surface area (Å²) in [5.74, 6) is 0.317. The molecule has 1 heterocycles. The molecule has 1 aromatic carbocycles. The lowest BCUT2D eigenvalue weighted by Gasteiger charge is -2.11. The summed E-state index contributed by atoms with van der Waals surface area (Å²) in [5, 5.41) is 7.53. The van der Waals surface area contributed by atoms with Gasteiger partial charge >= 0.3 is 5.97 Å². The molecule has 0 bridgehead atoms. The molecule has 0 amide bonds. The molecule has 5 nitrogen and oxygen atoms in total. The van der Waals surface area contributed by atoms with Crippen LogP contribution < -0.4 is 0 Å². The number of ether oxygens (including phenoxy) is 1. The molecule has 0 spiro atoms. The summed E-state index contributed by atoms with van der Waals surface area (Å²) in [5.41, 5.74) is 1.35. The van der Waals surface area contributed by atoms with Crippen molar-refractivity contribution in [1.82, 2.24) is 10.2 Å². The Bertz CT molecular complexity index is 610. The van der Waals surface area contributed by atoms with Crippen LogP contribution in [0.2, 0.25) is 0 Å². The third-order valence-corrected chi connectivity index (χ3v) is 3.52. The standard InChI is InChI=1S/C13H13BrN2O3/c1-7-10(5-4-6-11(7)14)13(17)18-8(2)12-16-15-9(3)19-12/h4-6,8H,1-3H3.